The molecule has 1 aliphatic carbocycles. The molecule has 1 saturated heterocycles. The number of piperidine rings is 1. The van der Waals surface area contributed by atoms with Crippen molar-refractivity contribution in [3.05, 3.63) is 0 Å². The van der Waals surface area contributed by atoms with Crippen LogP contribution in [0, 0.1) is 23.2 Å². The minimum atomic E-state index is 0.284. The number of hydrogen-bond acceptors (Lipinski definition) is 3. The Kier molecular flexibility index (Phi) is 4.42. The molecule has 0 aromatic rings. The Bertz CT molecular complexity index is 276. The quantitative estimate of drug-likeness (QED) is 0.749. The number of rotatable bonds is 3. The summed E-state index contributed by atoms with van der Waals surface area (Å²) in [6.45, 7) is 3.67. The smallest absolute Gasteiger partial charge is 0.0672 e. The van der Waals surface area contributed by atoms with E-state index in [1.54, 1.807) is 0 Å². The fourth-order valence-corrected chi connectivity index (χ4v) is 3.41. The number of likely N-dealkylation sites (tertiary alicyclic amines) is 1. The molecule has 96 valence electrons. The minimum Gasteiger partial charge on any atom is -0.306 e. The van der Waals surface area contributed by atoms with Crippen molar-refractivity contribution >= 4 is 0 Å². The average molecular weight is 235 g/mol. The lowest BCUT2D eigenvalue weighted by atomic mass is 9.95. The maximum absolute atomic E-state index is 9.14. The van der Waals surface area contributed by atoms with Crippen LogP contribution in [0.2, 0.25) is 0 Å². The van der Waals surface area contributed by atoms with Crippen LogP contribution in [0.4, 0.5) is 0 Å². The predicted molar refractivity (Wildman–Crippen MR) is 69.6 cm³/mol. The van der Waals surface area contributed by atoms with Gasteiger partial charge in [-0.15, -0.1) is 0 Å². The van der Waals surface area contributed by atoms with Gasteiger partial charge in [0.05, 0.1) is 12.0 Å². The number of nitriles is 1. The Hall–Kier alpha value is -0.590. The van der Waals surface area contributed by atoms with Gasteiger partial charge < -0.3 is 9.80 Å². The molecule has 1 saturated carbocycles. The third kappa shape index (κ3) is 3.20. The minimum absolute atomic E-state index is 0.284. The van der Waals surface area contributed by atoms with Crippen molar-refractivity contribution in [2.24, 2.45) is 11.8 Å². The van der Waals surface area contributed by atoms with Gasteiger partial charge in [0.1, 0.15) is 0 Å². The van der Waals surface area contributed by atoms with Crippen LogP contribution in [-0.4, -0.2) is 49.6 Å². The maximum Gasteiger partial charge on any atom is 0.0672 e. The SMILES string of the molecule is CN1CCC(CN(C)C2CCCC2C#N)CC1. The summed E-state index contributed by atoms with van der Waals surface area (Å²) < 4.78 is 0. The van der Waals surface area contributed by atoms with E-state index in [0.717, 1.165) is 12.3 Å². The van der Waals surface area contributed by atoms with Crippen molar-refractivity contribution in [3.63, 3.8) is 0 Å². The van der Waals surface area contributed by atoms with E-state index in [4.69, 9.17) is 5.26 Å². The molecule has 0 N–H and O–H groups in total. The monoisotopic (exact) mass is 235 g/mol. The molecular weight excluding hydrogens is 210 g/mol. The molecule has 1 aliphatic heterocycles. The van der Waals surface area contributed by atoms with Gasteiger partial charge in [-0.25, -0.2) is 0 Å². The van der Waals surface area contributed by atoms with Crippen LogP contribution in [-0.2, 0) is 0 Å². The molecule has 2 aliphatic rings. The fraction of sp³-hybridized carbons (Fsp3) is 0.929. The molecule has 2 rings (SSSR count). The normalized spacial score (nSPS) is 31.9. The first-order valence-corrected chi connectivity index (χ1v) is 6.99. The third-order valence-electron chi connectivity index (χ3n) is 4.60. The van der Waals surface area contributed by atoms with Crippen LogP contribution in [0.25, 0.3) is 0 Å². The molecule has 1 heterocycles. The second-order valence-electron chi connectivity index (χ2n) is 5.92. The standard InChI is InChI=1S/C14H25N3/c1-16-8-6-12(7-9-16)11-17(2)14-5-3-4-13(14)10-15/h12-14H,3-9,11H2,1-2H3. The lowest BCUT2D eigenvalue weighted by Crippen LogP contribution is -2.41. The maximum atomic E-state index is 9.14. The summed E-state index contributed by atoms with van der Waals surface area (Å²) in [6, 6.07) is 3.02. The van der Waals surface area contributed by atoms with E-state index in [1.807, 2.05) is 0 Å². The molecule has 0 aromatic heterocycles. The number of hydrogen-bond donors (Lipinski definition) is 0. The highest BCUT2D eigenvalue weighted by Gasteiger charge is 2.31. The van der Waals surface area contributed by atoms with Gasteiger partial charge in [0.15, 0.2) is 0 Å². The van der Waals surface area contributed by atoms with Crippen LogP contribution >= 0.6 is 0 Å². The highest BCUT2D eigenvalue weighted by atomic mass is 15.1. The van der Waals surface area contributed by atoms with Crippen molar-refractivity contribution in [2.75, 3.05) is 33.7 Å². The third-order valence-corrected chi connectivity index (χ3v) is 4.60. The second-order valence-corrected chi connectivity index (χ2v) is 5.92. The van der Waals surface area contributed by atoms with E-state index >= 15 is 0 Å². The van der Waals surface area contributed by atoms with Crippen LogP contribution in [0.5, 0.6) is 0 Å². The summed E-state index contributed by atoms with van der Waals surface area (Å²) in [5.41, 5.74) is 0. The van der Waals surface area contributed by atoms with E-state index < -0.39 is 0 Å². The largest absolute Gasteiger partial charge is 0.306 e. The molecule has 0 radical (unpaired) electrons. The summed E-state index contributed by atoms with van der Waals surface area (Å²) in [5, 5.41) is 9.14. The van der Waals surface area contributed by atoms with Gasteiger partial charge in [0, 0.05) is 12.6 Å². The summed E-state index contributed by atoms with van der Waals surface area (Å²) in [5.74, 6) is 1.13. The fourth-order valence-electron chi connectivity index (χ4n) is 3.41. The van der Waals surface area contributed by atoms with Crippen molar-refractivity contribution in [2.45, 2.75) is 38.1 Å². The first kappa shape index (κ1) is 12.9. The Balaban J connectivity index is 1.80. The Labute approximate surface area is 105 Å². The van der Waals surface area contributed by atoms with Gasteiger partial charge in [-0.3, -0.25) is 0 Å². The molecule has 17 heavy (non-hydrogen) atoms. The Morgan fingerprint density at radius 2 is 1.94 bits per heavy atom. The predicted octanol–water partition coefficient (Wildman–Crippen LogP) is 1.95. The highest BCUT2D eigenvalue weighted by Crippen LogP contribution is 2.30. The summed E-state index contributed by atoms with van der Waals surface area (Å²) in [7, 11) is 4.43. The van der Waals surface area contributed by atoms with Crippen molar-refractivity contribution < 1.29 is 0 Å². The van der Waals surface area contributed by atoms with Gasteiger partial charge in [0.2, 0.25) is 0 Å². The van der Waals surface area contributed by atoms with Gasteiger partial charge in [-0.1, -0.05) is 6.42 Å². The zero-order chi connectivity index (χ0) is 12.3. The van der Waals surface area contributed by atoms with Crippen LogP contribution in [0.1, 0.15) is 32.1 Å². The number of nitrogens with zero attached hydrogens (tertiary/aromatic N) is 3. The van der Waals surface area contributed by atoms with Crippen molar-refractivity contribution in [1.29, 1.82) is 5.26 Å². The van der Waals surface area contributed by atoms with Gasteiger partial charge in [0.25, 0.3) is 0 Å². The highest BCUT2D eigenvalue weighted by molar-refractivity contribution is 4.97. The first-order valence-electron chi connectivity index (χ1n) is 6.99. The van der Waals surface area contributed by atoms with Crippen LogP contribution < -0.4 is 0 Å². The molecule has 2 fully saturated rings. The van der Waals surface area contributed by atoms with Crippen molar-refractivity contribution in [1.82, 2.24) is 9.80 Å². The van der Waals surface area contributed by atoms with Gasteiger partial charge >= 0.3 is 0 Å². The lowest BCUT2D eigenvalue weighted by Gasteiger charge is -2.34. The Morgan fingerprint density at radius 1 is 1.24 bits per heavy atom. The van der Waals surface area contributed by atoms with E-state index in [-0.39, 0.29) is 5.92 Å². The molecule has 3 heteroatoms. The molecule has 2 atom stereocenters. The van der Waals surface area contributed by atoms with Crippen molar-refractivity contribution in [3.8, 4) is 6.07 Å². The van der Waals surface area contributed by atoms with E-state index in [0.29, 0.717) is 6.04 Å². The zero-order valence-electron chi connectivity index (χ0n) is 11.2. The summed E-state index contributed by atoms with van der Waals surface area (Å²) >= 11 is 0. The van der Waals surface area contributed by atoms with E-state index in [2.05, 4.69) is 30.0 Å². The molecule has 0 bridgehead atoms. The average Bonchev–Trinajstić information content (AvgIpc) is 2.80. The van der Waals surface area contributed by atoms with Gasteiger partial charge in [-0.2, -0.15) is 5.26 Å². The topological polar surface area (TPSA) is 30.3 Å². The molecule has 2 unspecified atom stereocenters. The summed E-state index contributed by atoms with van der Waals surface area (Å²) in [4.78, 5) is 4.89. The molecule has 0 aromatic carbocycles. The summed E-state index contributed by atoms with van der Waals surface area (Å²) in [6.07, 6.45) is 6.22. The Morgan fingerprint density at radius 3 is 2.59 bits per heavy atom. The lowest BCUT2D eigenvalue weighted by molar-refractivity contribution is 0.141. The van der Waals surface area contributed by atoms with E-state index in [1.165, 1.54) is 45.3 Å². The van der Waals surface area contributed by atoms with E-state index in [9.17, 15) is 0 Å². The molecule has 0 spiro atoms. The van der Waals surface area contributed by atoms with Crippen LogP contribution in [0.3, 0.4) is 0 Å². The first-order chi connectivity index (χ1) is 8.20. The molecular formula is C14H25N3. The second kappa shape index (κ2) is 5.84. The van der Waals surface area contributed by atoms with Gasteiger partial charge in [-0.05, 0) is 58.8 Å². The molecule has 3 nitrogen and oxygen atoms in total. The van der Waals surface area contributed by atoms with Crippen LogP contribution in [0.15, 0.2) is 0 Å². The zero-order valence-corrected chi connectivity index (χ0v) is 11.2. The molecule has 0 amide bonds.